The first kappa shape index (κ1) is 28.0. The van der Waals surface area contributed by atoms with Crippen molar-refractivity contribution in [1.29, 1.82) is 0 Å². The molecule has 2 saturated carbocycles. The van der Waals surface area contributed by atoms with Crippen LogP contribution in [0.4, 0.5) is 0 Å². The molecule has 0 amide bonds. The Bertz CT molecular complexity index is 2190. The quantitative estimate of drug-likeness (QED) is 0.185. The molecule has 2 aliphatic carbocycles. The van der Waals surface area contributed by atoms with Crippen molar-refractivity contribution in [1.82, 2.24) is 9.13 Å². The van der Waals surface area contributed by atoms with Crippen LogP contribution in [0.15, 0.2) is 146 Å². The van der Waals surface area contributed by atoms with Crippen molar-refractivity contribution in [3.8, 4) is 11.4 Å². The molecule has 3 atom stereocenters. The number of rotatable bonds is 4. The molecule has 10 rings (SSSR count). The molecule has 2 heterocycles. The second-order valence-electron chi connectivity index (χ2n) is 14.6. The first-order valence-electron chi connectivity index (χ1n) is 17.9. The third kappa shape index (κ3) is 3.92. The molecule has 2 nitrogen and oxygen atoms in total. The second kappa shape index (κ2) is 10.7. The number of hydrogen-bond donors (Lipinski definition) is 0. The maximum absolute atomic E-state index is 2.55. The minimum Gasteiger partial charge on any atom is -0.309 e. The topological polar surface area (TPSA) is 9.86 Å². The molecule has 2 heteroatoms. The standard InChI is InChI=1S/C46H40N2/c1-31-29-32-11-10-12-35(30-32)46(31,33-21-25-36(26-22-33)47-42-17-6-2-13-38(42)39-14-3-7-18-43(39)47)34-23-27-37(28-24-34)48-44-19-8-4-15-40(44)41-16-5-9-20-45(41)48/h2-9,13-28,31-32,35H,10-12,29-30H2,1H3. The molecule has 2 aliphatic rings. The first-order chi connectivity index (χ1) is 23.7. The van der Waals surface area contributed by atoms with Crippen LogP contribution in [-0.2, 0) is 5.41 Å². The van der Waals surface area contributed by atoms with Gasteiger partial charge in [-0.05, 0) is 96.7 Å². The largest absolute Gasteiger partial charge is 0.309 e. The molecule has 0 N–H and O–H groups in total. The van der Waals surface area contributed by atoms with Gasteiger partial charge in [0.15, 0.2) is 0 Å². The van der Waals surface area contributed by atoms with Crippen molar-refractivity contribution in [2.24, 2.45) is 17.8 Å². The third-order valence-corrected chi connectivity index (χ3v) is 12.3. The Kier molecular flexibility index (Phi) is 6.25. The van der Waals surface area contributed by atoms with Crippen molar-refractivity contribution in [3.63, 3.8) is 0 Å². The molecule has 8 aromatic rings. The average molecular weight is 621 g/mol. The monoisotopic (exact) mass is 620 g/mol. The molecule has 0 aliphatic heterocycles. The summed E-state index contributed by atoms with van der Waals surface area (Å²) in [6.07, 6.45) is 6.70. The van der Waals surface area contributed by atoms with Gasteiger partial charge < -0.3 is 9.13 Å². The predicted molar refractivity (Wildman–Crippen MR) is 202 cm³/mol. The van der Waals surface area contributed by atoms with Crippen molar-refractivity contribution in [2.45, 2.75) is 44.4 Å². The molecular weight excluding hydrogens is 581 g/mol. The van der Waals surface area contributed by atoms with Crippen LogP contribution < -0.4 is 0 Å². The van der Waals surface area contributed by atoms with E-state index in [1.54, 1.807) is 0 Å². The van der Waals surface area contributed by atoms with E-state index in [1.807, 2.05) is 0 Å². The summed E-state index contributed by atoms with van der Waals surface area (Å²) in [5.41, 5.74) is 10.5. The highest BCUT2D eigenvalue weighted by molar-refractivity contribution is 6.10. The van der Waals surface area contributed by atoms with Gasteiger partial charge in [0, 0.05) is 38.3 Å². The molecule has 234 valence electrons. The van der Waals surface area contributed by atoms with Gasteiger partial charge in [-0.25, -0.2) is 0 Å². The summed E-state index contributed by atoms with van der Waals surface area (Å²) in [4.78, 5) is 0. The van der Waals surface area contributed by atoms with Crippen LogP contribution >= 0.6 is 0 Å². The van der Waals surface area contributed by atoms with Gasteiger partial charge >= 0.3 is 0 Å². The molecule has 0 radical (unpaired) electrons. The highest BCUT2D eigenvalue weighted by atomic mass is 15.0. The number of para-hydroxylation sites is 4. The number of aromatic nitrogens is 2. The van der Waals surface area contributed by atoms with Gasteiger partial charge in [0.1, 0.15) is 0 Å². The molecule has 0 saturated heterocycles. The van der Waals surface area contributed by atoms with E-state index in [1.165, 1.54) is 98.2 Å². The summed E-state index contributed by atoms with van der Waals surface area (Å²) in [6, 6.07) is 54.8. The lowest BCUT2D eigenvalue weighted by molar-refractivity contribution is 0.0642. The minimum absolute atomic E-state index is 0.00434. The van der Waals surface area contributed by atoms with E-state index in [0.29, 0.717) is 11.8 Å². The summed E-state index contributed by atoms with van der Waals surface area (Å²) in [5, 5.41) is 5.24. The van der Waals surface area contributed by atoms with E-state index in [0.717, 1.165) is 5.92 Å². The lowest BCUT2D eigenvalue weighted by Gasteiger charge is -2.54. The minimum atomic E-state index is -0.00434. The summed E-state index contributed by atoms with van der Waals surface area (Å²) < 4.78 is 4.89. The summed E-state index contributed by atoms with van der Waals surface area (Å²) >= 11 is 0. The maximum Gasteiger partial charge on any atom is 0.0541 e. The van der Waals surface area contributed by atoms with E-state index in [-0.39, 0.29) is 5.41 Å². The summed E-state index contributed by atoms with van der Waals surface area (Å²) in [5.74, 6) is 2.08. The van der Waals surface area contributed by atoms with E-state index in [2.05, 4.69) is 162 Å². The highest BCUT2D eigenvalue weighted by Gasteiger charge is 2.51. The normalized spacial score (nSPS) is 20.6. The second-order valence-corrected chi connectivity index (χ2v) is 14.6. The SMILES string of the molecule is CC1CC2CCCC(C2)C1(c1ccc(-n2c3ccccc3c3ccccc32)cc1)c1ccc(-n2c3ccccc3c3ccccc32)cc1. The van der Waals surface area contributed by atoms with E-state index in [9.17, 15) is 0 Å². The van der Waals surface area contributed by atoms with Crippen LogP contribution in [0, 0.1) is 17.8 Å². The van der Waals surface area contributed by atoms with E-state index >= 15 is 0 Å². The van der Waals surface area contributed by atoms with Gasteiger partial charge in [-0.3, -0.25) is 0 Å². The molecule has 6 aromatic carbocycles. The molecule has 2 aromatic heterocycles. The van der Waals surface area contributed by atoms with Crippen LogP contribution in [0.5, 0.6) is 0 Å². The number of fused-ring (bicyclic) bond motifs is 8. The fraction of sp³-hybridized carbons (Fsp3) is 0.217. The Hall–Kier alpha value is -5.08. The van der Waals surface area contributed by atoms with Gasteiger partial charge in [-0.15, -0.1) is 0 Å². The molecule has 2 bridgehead atoms. The highest BCUT2D eigenvalue weighted by Crippen LogP contribution is 2.58. The Morgan fingerprint density at radius 3 is 1.27 bits per heavy atom. The van der Waals surface area contributed by atoms with Crippen LogP contribution in [0.3, 0.4) is 0 Å². The molecule has 3 unspecified atom stereocenters. The molecule has 0 spiro atoms. The number of nitrogens with zero attached hydrogens (tertiary/aromatic N) is 2. The Morgan fingerprint density at radius 2 is 0.854 bits per heavy atom. The van der Waals surface area contributed by atoms with Crippen molar-refractivity contribution < 1.29 is 0 Å². The Labute approximate surface area is 282 Å². The zero-order valence-corrected chi connectivity index (χ0v) is 27.5. The van der Waals surface area contributed by atoms with Gasteiger partial charge in [0.25, 0.3) is 0 Å². The van der Waals surface area contributed by atoms with E-state index in [4.69, 9.17) is 0 Å². The fourth-order valence-corrected chi connectivity index (χ4v) is 10.4. The van der Waals surface area contributed by atoms with Crippen molar-refractivity contribution in [3.05, 3.63) is 157 Å². The number of benzene rings is 6. The average Bonchev–Trinajstić information content (AvgIpc) is 3.66. The molecule has 48 heavy (non-hydrogen) atoms. The zero-order chi connectivity index (χ0) is 31.8. The van der Waals surface area contributed by atoms with Crippen LogP contribution in [0.25, 0.3) is 55.0 Å². The van der Waals surface area contributed by atoms with Crippen molar-refractivity contribution >= 4 is 43.6 Å². The Balaban J connectivity index is 1.12. The fourth-order valence-electron chi connectivity index (χ4n) is 10.4. The van der Waals surface area contributed by atoms with Gasteiger partial charge in [0.2, 0.25) is 0 Å². The van der Waals surface area contributed by atoms with Crippen LogP contribution in [-0.4, -0.2) is 9.13 Å². The lowest BCUT2D eigenvalue weighted by atomic mass is 9.49. The third-order valence-electron chi connectivity index (χ3n) is 12.3. The van der Waals surface area contributed by atoms with Crippen LogP contribution in [0.1, 0.15) is 50.2 Å². The molecule has 2 fully saturated rings. The zero-order valence-electron chi connectivity index (χ0n) is 27.5. The van der Waals surface area contributed by atoms with E-state index < -0.39 is 0 Å². The number of hydrogen-bond acceptors (Lipinski definition) is 0. The maximum atomic E-state index is 2.55. The van der Waals surface area contributed by atoms with Gasteiger partial charge in [0.05, 0.1) is 22.1 Å². The first-order valence-corrected chi connectivity index (χ1v) is 17.9. The summed E-state index contributed by atoms with van der Waals surface area (Å²) in [7, 11) is 0. The van der Waals surface area contributed by atoms with Crippen molar-refractivity contribution in [2.75, 3.05) is 0 Å². The molecular formula is C46H40N2. The predicted octanol–water partition coefficient (Wildman–Crippen LogP) is 12.0. The summed E-state index contributed by atoms with van der Waals surface area (Å²) in [6.45, 7) is 2.55. The van der Waals surface area contributed by atoms with Crippen LogP contribution in [0.2, 0.25) is 0 Å². The van der Waals surface area contributed by atoms with Gasteiger partial charge in [-0.1, -0.05) is 117 Å². The van der Waals surface area contributed by atoms with Gasteiger partial charge in [-0.2, -0.15) is 0 Å². The smallest absolute Gasteiger partial charge is 0.0541 e. The lowest BCUT2D eigenvalue weighted by Crippen LogP contribution is -2.49. The Morgan fingerprint density at radius 1 is 0.458 bits per heavy atom.